The fraction of sp³-hybridized carbons (Fsp3) is 0.125. The van der Waals surface area contributed by atoms with Crippen molar-refractivity contribution in [2.75, 3.05) is 0 Å². The van der Waals surface area contributed by atoms with Crippen molar-refractivity contribution < 1.29 is 0 Å². The SMILES string of the molecule is C=C/C(=C\C=C(/C)C(CC)(CC)c1ccc(-c2cc(-c3ccccn3)nc(-c3ccccc3)n2)cc1)c1cc(-c2ccccn2)nc(-c2ccccc2)n1. The monoisotopic (exact) mass is 702 g/mol. The van der Waals surface area contributed by atoms with Gasteiger partial charge in [-0.3, -0.25) is 9.97 Å². The standard InChI is InChI=1S/C48H42N6/c1-5-35(42-32-44(40-22-14-16-30-49-40)53-46(51-42)37-18-10-8-11-19-37)25-24-34(4)48(6-2,7-3)39-28-26-36(27-29-39)43-33-45(41-23-15-17-31-50-41)54-47(52-43)38-20-12-9-13-21-38/h5,8-33H,1,6-7H2,2-4H3/b34-24+,35-25+. The average Bonchev–Trinajstić information content (AvgIpc) is 3.25. The number of hydrogen-bond acceptors (Lipinski definition) is 6. The van der Waals surface area contributed by atoms with Crippen molar-refractivity contribution in [3.05, 3.63) is 187 Å². The molecule has 54 heavy (non-hydrogen) atoms. The summed E-state index contributed by atoms with van der Waals surface area (Å²) in [5, 5.41) is 0. The van der Waals surface area contributed by atoms with Crippen molar-refractivity contribution in [3.8, 4) is 56.8 Å². The van der Waals surface area contributed by atoms with Gasteiger partial charge in [0, 0.05) is 34.5 Å². The minimum Gasteiger partial charge on any atom is -0.255 e. The van der Waals surface area contributed by atoms with Crippen molar-refractivity contribution in [3.63, 3.8) is 0 Å². The zero-order valence-electron chi connectivity index (χ0n) is 30.9. The molecule has 0 bridgehead atoms. The second-order valence-corrected chi connectivity index (χ2v) is 13.1. The van der Waals surface area contributed by atoms with Gasteiger partial charge in [0.15, 0.2) is 11.6 Å². The smallest absolute Gasteiger partial charge is 0.160 e. The summed E-state index contributed by atoms with van der Waals surface area (Å²) < 4.78 is 0. The second-order valence-electron chi connectivity index (χ2n) is 13.1. The lowest BCUT2D eigenvalue weighted by Crippen LogP contribution is -2.26. The van der Waals surface area contributed by atoms with Gasteiger partial charge in [-0.1, -0.05) is 141 Å². The topological polar surface area (TPSA) is 77.3 Å². The first kappa shape index (κ1) is 35.7. The van der Waals surface area contributed by atoms with Gasteiger partial charge in [0.1, 0.15) is 0 Å². The van der Waals surface area contributed by atoms with E-state index in [-0.39, 0.29) is 5.41 Å². The number of allylic oxidation sites excluding steroid dienone is 5. The van der Waals surface area contributed by atoms with E-state index >= 15 is 0 Å². The Morgan fingerprint density at radius 3 is 1.57 bits per heavy atom. The Hall–Kier alpha value is -6.66. The molecule has 4 aromatic heterocycles. The van der Waals surface area contributed by atoms with Crippen LogP contribution in [-0.2, 0) is 5.41 Å². The van der Waals surface area contributed by atoms with Crippen LogP contribution in [0.15, 0.2) is 176 Å². The molecule has 0 saturated carbocycles. The van der Waals surface area contributed by atoms with Crippen molar-refractivity contribution in [1.29, 1.82) is 0 Å². The normalized spacial score (nSPS) is 12.1. The van der Waals surface area contributed by atoms with Gasteiger partial charge in [0.05, 0.1) is 34.2 Å². The van der Waals surface area contributed by atoms with E-state index in [0.717, 1.165) is 69.3 Å². The molecule has 0 atom stereocenters. The van der Waals surface area contributed by atoms with E-state index in [2.05, 4.69) is 73.7 Å². The van der Waals surface area contributed by atoms with Gasteiger partial charge in [0.2, 0.25) is 0 Å². The second kappa shape index (κ2) is 16.3. The summed E-state index contributed by atoms with van der Waals surface area (Å²) in [4.78, 5) is 29.0. The van der Waals surface area contributed by atoms with E-state index in [9.17, 15) is 0 Å². The fourth-order valence-corrected chi connectivity index (χ4v) is 6.95. The van der Waals surface area contributed by atoms with Crippen LogP contribution in [0.1, 0.15) is 44.9 Å². The summed E-state index contributed by atoms with van der Waals surface area (Å²) in [6.07, 6.45) is 11.7. The Morgan fingerprint density at radius 2 is 1.06 bits per heavy atom. The predicted octanol–water partition coefficient (Wildman–Crippen LogP) is 11.7. The van der Waals surface area contributed by atoms with Crippen LogP contribution in [-0.4, -0.2) is 29.9 Å². The molecule has 7 rings (SSSR count). The van der Waals surface area contributed by atoms with Gasteiger partial charge in [-0.05, 0) is 67.3 Å². The van der Waals surface area contributed by atoms with Gasteiger partial charge < -0.3 is 0 Å². The molecule has 0 aliphatic heterocycles. The Kier molecular flexibility index (Phi) is 10.8. The average molecular weight is 703 g/mol. The van der Waals surface area contributed by atoms with Crippen LogP contribution in [0.25, 0.3) is 62.4 Å². The van der Waals surface area contributed by atoms with Crippen LogP contribution in [0.4, 0.5) is 0 Å². The van der Waals surface area contributed by atoms with Crippen LogP contribution < -0.4 is 0 Å². The summed E-state index contributed by atoms with van der Waals surface area (Å²) in [5.41, 5.74) is 11.0. The molecular weight excluding hydrogens is 661 g/mol. The first-order valence-corrected chi connectivity index (χ1v) is 18.4. The lowest BCUT2D eigenvalue weighted by molar-refractivity contribution is 0.467. The predicted molar refractivity (Wildman–Crippen MR) is 221 cm³/mol. The minimum absolute atomic E-state index is 0.179. The largest absolute Gasteiger partial charge is 0.255 e. The molecule has 4 heterocycles. The fourth-order valence-electron chi connectivity index (χ4n) is 6.95. The molecule has 0 N–H and O–H groups in total. The third-order valence-electron chi connectivity index (χ3n) is 10.1. The van der Waals surface area contributed by atoms with Crippen LogP contribution in [0.5, 0.6) is 0 Å². The molecular formula is C48H42N6. The molecule has 0 aliphatic rings. The Morgan fingerprint density at radius 1 is 0.537 bits per heavy atom. The quantitative estimate of drug-likeness (QED) is 0.118. The van der Waals surface area contributed by atoms with Crippen LogP contribution in [0, 0.1) is 0 Å². The highest BCUT2D eigenvalue weighted by Crippen LogP contribution is 2.40. The number of rotatable bonds is 12. The molecule has 0 unspecified atom stereocenters. The van der Waals surface area contributed by atoms with Crippen molar-refractivity contribution >= 4 is 5.57 Å². The number of hydrogen-bond donors (Lipinski definition) is 0. The zero-order valence-corrected chi connectivity index (χ0v) is 30.9. The Bertz CT molecular complexity index is 2280. The van der Waals surface area contributed by atoms with Crippen molar-refractivity contribution in [2.45, 2.75) is 39.0 Å². The van der Waals surface area contributed by atoms with Crippen molar-refractivity contribution in [2.24, 2.45) is 0 Å². The highest BCUT2D eigenvalue weighted by molar-refractivity contribution is 5.77. The minimum atomic E-state index is -0.179. The van der Waals surface area contributed by atoms with Crippen molar-refractivity contribution in [1.82, 2.24) is 29.9 Å². The molecule has 0 saturated heterocycles. The Labute approximate surface area is 317 Å². The number of aromatic nitrogens is 6. The molecule has 6 heteroatoms. The summed E-state index contributed by atoms with van der Waals surface area (Å²) in [7, 11) is 0. The lowest BCUT2D eigenvalue weighted by Gasteiger charge is -2.34. The molecule has 264 valence electrons. The van der Waals surface area contributed by atoms with E-state index in [1.54, 1.807) is 12.4 Å². The number of benzene rings is 3. The highest BCUT2D eigenvalue weighted by Gasteiger charge is 2.30. The molecule has 6 nitrogen and oxygen atoms in total. The van der Waals surface area contributed by atoms with E-state index < -0.39 is 0 Å². The van der Waals surface area contributed by atoms with Crippen LogP contribution in [0.3, 0.4) is 0 Å². The molecule has 0 fully saturated rings. The number of nitrogens with zero attached hydrogens (tertiary/aromatic N) is 6. The zero-order chi connectivity index (χ0) is 37.3. The molecule has 0 spiro atoms. The van der Waals surface area contributed by atoms with Crippen LogP contribution in [0.2, 0.25) is 0 Å². The first-order valence-electron chi connectivity index (χ1n) is 18.4. The van der Waals surface area contributed by atoms with E-state index in [4.69, 9.17) is 19.9 Å². The van der Waals surface area contributed by atoms with Gasteiger partial charge in [0.25, 0.3) is 0 Å². The third-order valence-corrected chi connectivity index (χ3v) is 10.1. The van der Waals surface area contributed by atoms with Gasteiger partial charge in [-0.15, -0.1) is 0 Å². The van der Waals surface area contributed by atoms with Gasteiger partial charge >= 0.3 is 0 Å². The molecule has 3 aromatic carbocycles. The maximum Gasteiger partial charge on any atom is 0.160 e. The van der Waals surface area contributed by atoms with E-state index in [1.165, 1.54) is 11.1 Å². The highest BCUT2D eigenvalue weighted by atomic mass is 14.9. The summed E-state index contributed by atoms with van der Waals surface area (Å²) in [6.45, 7) is 10.9. The maximum absolute atomic E-state index is 5.02. The van der Waals surface area contributed by atoms with Gasteiger partial charge in [-0.2, -0.15) is 0 Å². The van der Waals surface area contributed by atoms with E-state index in [1.807, 2.05) is 115 Å². The van der Waals surface area contributed by atoms with Crippen LogP contribution >= 0.6 is 0 Å². The summed E-state index contributed by atoms with van der Waals surface area (Å²) in [6, 6.07) is 44.7. The molecule has 0 radical (unpaired) electrons. The summed E-state index contributed by atoms with van der Waals surface area (Å²) in [5.74, 6) is 1.31. The summed E-state index contributed by atoms with van der Waals surface area (Å²) >= 11 is 0. The van der Waals surface area contributed by atoms with Gasteiger partial charge in [-0.25, -0.2) is 19.9 Å². The Balaban J connectivity index is 1.24. The third kappa shape index (κ3) is 7.59. The molecule has 0 aliphatic carbocycles. The van der Waals surface area contributed by atoms with E-state index in [0.29, 0.717) is 11.6 Å². The first-order chi connectivity index (χ1) is 26.5. The maximum atomic E-state index is 5.02. The number of pyridine rings is 2. The molecule has 7 aromatic rings. The lowest BCUT2D eigenvalue weighted by atomic mass is 9.70. The molecule has 0 amide bonds.